The van der Waals surface area contributed by atoms with Crippen LogP contribution in [0.4, 0.5) is 10.2 Å². The molecule has 2 heterocycles. The highest BCUT2D eigenvalue weighted by Crippen LogP contribution is 2.22. The first kappa shape index (κ1) is 9.77. The molecule has 0 unspecified atom stereocenters. The number of nitrogens with zero attached hydrogens (tertiary/aromatic N) is 3. The molecule has 0 aliphatic carbocycles. The average molecular weight is 228 g/mol. The van der Waals surface area contributed by atoms with Crippen molar-refractivity contribution < 1.29 is 4.39 Å². The Labute approximate surface area is 96.5 Å². The van der Waals surface area contributed by atoms with Crippen LogP contribution < -0.4 is 5.73 Å². The highest BCUT2D eigenvalue weighted by Gasteiger charge is 2.10. The molecule has 0 spiro atoms. The standard InChI is InChI=1S/C12H9FN4/c13-9-4-2-1-3-8(9)10-7-15-12-6-5-11(14)16-17(10)12/h1-7H,(H2,14,16). The van der Waals surface area contributed by atoms with Crippen molar-refractivity contribution in [3.63, 3.8) is 0 Å². The van der Waals surface area contributed by atoms with E-state index in [1.165, 1.54) is 10.6 Å². The van der Waals surface area contributed by atoms with Crippen molar-refractivity contribution in [1.29, 1.82) is 0 Å². The highest BCUT2D eigenvalue weighted by molar-refractivity contribution is 5.63. The highest BCUT2D eigenvalue weighted by atomic mass is 19.1. The van der Waals surface area contributed by atoms with Crippen molar-refractivity contribution in [1.82, 2.24) is 14.6 Å². The van der Waals surface area contributed by atoms with Crippen LogP contribution in [0.2, 0.25) is 0 Å². The van der Waals surface area contributed by atoms with Crippen molar-refractivity contribution in [2.24, 2.45) is 0 Å². The summed E-state index contributed by atoms with van der Waals surface area (Å²) < 4.78 is 15.2. The van der Waals surface area contributed by atoms with E-state index in [0.717, 1.165) is 0 Å². The lowest BCUT2D eigenvalue weighted by atomic mass is 10.1. The van der Waals surface area contributed by atoms with Gasteiger partial charge in [-0.15, -0.1) is 5.10 Å². The van der Waals surface area contributed by atoms with Gasteiger partial charge in [0, 0.05) is 5.56 Å². The molecular weight excluding hydrogens is 219 g/mol. The van der Waals surface area contributed by atoms with Crippen LogP contribution in [0, 0.1) is 5.82 Å². The number of nitrogen functional groups attached to an aromatic ring is 1. The maximum atomic E-state index is 13.7. The lowest BCUT2D eigenvalue weighted by Crippen LogP contribution is -1.99. The minimum absolute atomic E-state index is 0.307. The molecule has 1 aromatic carbocycles. The third-order valence-electron chi connectivity index (χ3n) is 2.53. The Balaban J connectivity index is 2.31. The van der Waals surface area contributed by atoms with E-state index in [2.05, 4.69) is 10.1 Å². The first-order valence-electron chi connectivity index (χ1n) is 5.11. The van der Waals surface area contributed by atoms with Gasteiger partial charge in [0.2, 0.25) is 0 Å². The first-order chi connectivity index (χ1) is 8.25. The predicted octanol–water partition coefficient (Wildman–Crippen LogP) is 2.12. The number of hydrogen-bond acceptors (Lipinski definition) is 3. The SMILES string of the molecule is Nc1ccc2ncc(-c3ccccc3F)n2n1. The molecular formula is C12H9FN4. The zero-order chi connectivity index (χ0) is 11.8. The van der Waals surface area contributed by atoms with E-state index in [0.29, 0.717) is 22.7 Å². The first-order valence-corrected chi connectivity index (χ1v) is 5.11. The number of halogens is 1. The number of nitrogens with two attached hydrogens (primary N) is 1. The molecule has 0 fully saturated rings. The smallest absolute Gasteiger partial charge is 0.154 e. The quantitative estimate of drug-likeness (QED) is 0.694. The van der Waals surface area contributed by atoms with Crippen LogP contribution in [0.5, 0.6) is 0 Å². The molecule has 2 aromatic heterocycles. The van der Waals surface area contributed by atoms with Gasteiger partial charge in [-0.1, -0.05) is 12.1 Å². The van der Waals surface area contributed by atoms with E-state index < -0.39 is 0 Å². The topological polar surface area (TPSA) is 56.2 Å². The monoisotopic (exact) mass is 228 g/mol. The van der Waals surface area contributed by atoms with Crippen LogP contribution >= 0.6 is 0 Å². The Morgan fingerprint density at radius 3 is 2.76 bits per heavy atom. The number of imidazole rings is 1. The van der Waals surface area contributed by atoms with Crippen LogP contribution in [0.15, 0.2) is 42.6 Å². The minimum atomic E-state index is -0.307. The van der Waals surface area contributed by atoms with Crippen molar-refractivity contribution in [3.8, 4) is 11.3 Å². The molecule has 0 atom stereocenters. The molecule has 4 nitrogen and oxygen atoms in total. The zero-order valence-corrected chi connectivity index (χ0v) is 8.84. The summed E-state index contributed by atoms with van der Waals surface area (Å²) in [6, 6.07) is 9.90. The number of rotatable bonds is 1. The van der Waals surface area contributed by atoms with Gasteiger partial charge in [-0.25, -0.2) is 13.9 Å². The van der Waals surface area contributed by atoms with Gasteiger partial charge in [0.25, 0.3) is 0 Å². The molecule has 0 aliphatic heterocycles. The Morgan fingerprint density at radius 2 is 1.94 bits per heavy atom. The molecule has 0 saturated carbocycles. The van der Waals surface area contributed by atoms with E-state index in [9.17, 15) is 4.39 Å². The van der Waals surface area contributed by atoms with Crippen LogP contribution in [-0.2, 0) is 0 Å². The Morgan fingerprint density at radius 1 is 1.12 bits per heavy atom. The molecule has 17 heavy (non-hydrogen) atoms. The van der Waals surface area contributed by atoms with Gasteiger partial charge in [-0.05, 0) is 24.3 Å². The number of benzene rings is 1. The largest absolute Gasteiger partial charge is 0.382 e. The minimum Gasteiger partial charge on any atom is -0.382 e. The molecule has 5 heteroatoms. The number of fused-ring (bicyclic) bond motifs is 1. The van der Waals surface area contributed by atoms with Crippen molar-refractivity contribution in [2.75, 3.05) is 5.73 Å². The zero-order valence-electron chi connectivity index (χ0n) is 8.84. The summed E-state index contributed by atoms with van der Waals surface area (Å²) in [7, 11) is 0. The third-order valence-corrected chi connectivity index (χ3v) is 2.53. The maximum Gasteiger partial charge on any atom is 0.154 e. The summed E-state index contributed by atoms with van der Waals surface area (Å²) in [6.45, 7) is 0. The molecule has 84 valence electrons. The molecule has 0 radical (unpaired) electrons. The molecule has 0 bridgehead atoms. The molecule has 0 aliphatic rings. The summed E-state index contributed by atoms with van der Waals surface area (Å²) in [6.07, 6.45) is 1.58. The lowest BCUT2D eigenvalue weighted by Gasteiger charge is -2.02. The van der Waals surface area contributed by atoms with E-state index in [-0.39, 0.29) is 5.82 Å². The third kappa shape index (κ3) is 1.52. The molecule has 0 saturated heterocycles. The fraction of sp³-hybridized carbons (Fsp3) is 0. The van der Waals surface area contributed by atoms with E-state index in [1.807, 2.05) is 0 Å². The summed E-state index contributed by atoms with van der Waals surface area (Å²) >= 11 is 0. The number of hydrogen-bond donors (Lipinski definition) is 1. The average Bonchev–Trinajstić information content (AvgIpc) is 2.72. The van der Waals surface area contributed by atoms with Gasteiger partial charge in [-0.2, -0.15) is 0 Å². The second kappa shape index (κ2) is 3.55. The van der Waals surface area contributed by atoms with Gasteiger partial charge >= 0.3 is 0 Å². The van der Waals surface area contributed by atoms with Crippen LogP contribution in [0.3, 0.4) is 0 Å². The van der Waals surface area contributed by atoms with Crippen LogP contribution in [-0.4, -0.2) is 14.6 Å². The molecule has 0 amide bonds. The van der Waals surface area contributed by atoms with Gasteiger partial charge in [-0.3, -0.25) is 0 Å². The fourth-order valence-corrected chi connectivity index (χ4v) is 1.74. The van der Waals surface area contributed by atoms with Gasteiger partial charge < -0.3 is 5.73 Å². The van der Waals surface area contributed by atoms with E-state index in [1.54, 1.807) is 36.5 Å². The lowest BCUT2D eigenvalue weighted by molar-refractivity contribution is 0.630. The summed E-state index contributed by atoms with van der Waals surface area (Å²) in [4.78, 5) is 4.16. The molecule has 2 N–H and O–H groups in total. The predicted molar refractivity (Wildman–Crippen MR) is 62.8 cm³/mol. The fourth-order valence-electron chi connectivity index (χ4n) is 1.74. The number of aromatic nitrogens is 3. The van der Waals surface area contributed by atoms with Gasteiger partial charge in [0.1, 0.15) is 11.6 Å². The second-order valence-electron chi connectivity index (χ2n) is 3.65. The van der Waals surface area contributed by atoms with Crippen LogP contribution in [0.1, 0.15) is 0 Å². The summed E-state index contributed by atoms with van der Waals surface area (Å²) in [5.41, 5.74) is 7.30. The van der Waals surface area contributed by atoms with Crippen molar-refractivity contribution in [2.45, 2.75) is 0 Å². The maximum absolute atomic E-state index is 13.7. The van der Waals surface area contributed by atoms with E-state index in [4.69, 9.17) is 5.73 Å². The summed E-state index contributed by atoms with van der Waals surface area (Å²) in [5.74, 6) is 0.0617. The molecule has 3 aromatic rings. The normalized spacial score (nSPS) is 10.9. The Bertz CT molecular complexity index is 690. The van der Waals surface area contributed by atoms with Crippen molar-refractivity contribution >= 4 is 11.5 Å². The van der Waals surface area contributed by atoms with Gasteiger partial charge in [0.15, 0.2) is 5.65 Å². The number of anilines is 1. The van der Waals surface area contributed by atoms with Crippen molar-refractivity contribution in [3.05, 3.63) is 48.4 Å². The Kier molecular flexibility index (Phi) is 2.04. The van der Waals surface area contributed by atoms with E-state index >= 15 is 0 Å². The second-order valence-corrected chi connectivity index (χ2v) is 3.65. The van der Waals surface area contributed by atoms with Gasteiger partial charge in [0.05, 0.1) is 11.9 Å². The summed E-state index contributed by atoms with van der Waals surface area (Å²) in [5, 5.41) is 4.12. The molecule has 3 rings (SSSR count). The van der Waals surface area contributed by atoms with Crippen LogP contribution in [0.25, 0.3) is 16.9 Å². The Hall–Kier alpha value is -2.43.